The van der Waals surface area contributed by atoms with E-state index < -0.39 is 0 Å². The van der Waals surface area contributed by atoms with Gasteiger partial charge in [-0.25, -0.2) is 0 Å². The van der Waals surface area contributed by atoms with E-state index in [1.807, 2.05) is 12.1 Å². The molecule has 8 aromatic rings. The molecule has 0 bridgehead atoms. The SMILES string of the molecule is CC1(C)c2ccccc2-c2cc(N(c3ccccc3)c3ccc4ccc5cc6oc7ccccc7c6cc5c4c3)ccc21. The minimum Gasteiger partial charge on any atom is -0.456 e. The van der Waals surface area contributed by atoms with Crippen LogP contribution in [0.5, 0.6) is 0 Å². The summed E-state index contributed by atoms with van der Waals surface area (Å²) in [5, 5.41) is 7.17. The second kappa shape index (κ2) is 8.83. The zero-order chi connectivity index (χ0) is 28.7. The number of hydrogen-bond acceptors (Lipinski definition) is 2. The topological polar surface area (TPSA) is 16.4 Å². The fraction of sp³-hybridized carbons (Fsp3) is 0.0732. The lowest BCUT2D eigenvalue weighted by atomic mass is 9.82. The smallest absolute Gasteiger partial charge is 0.136 e. The van der Waals surface area contributed by atoms with Gasteiger partial charge in [-0.2, -0.15) is 0 Å². The first-order valence-corrected chi connectivity index (χ1v) is 14.9. The molecule has 1 aliphatic rings. The van der Waals surface area contributed by atoms with E-state index in [-0.39, 0.29) is 5.41 Å². The summed E-state index contributed by atoms with van der Waals surface area (Å²) in [6, 6.07) is 50.6. The van der Waals surface area contributed by atoms with E-state index in [2.05, 4.69) is 146 Å². The number of benzene rings is 7. The Morgan fingerprint density at radius 2 is 1.12 bits per heavy atom. The molecular formula is C41H29NO. The molecule has 0 fully saturated rings. The summed E-state index contributed by atoms with van der Waals surface area (Å²) in [6.07, 6.45) is 0. The van der Waals surface area contributed by atoms with E-state index in [1.54, 1.807) is 0 Å². The van der Waals surface area contributed by atoms with Gasteiger partial charge in [-0.15, -0.1) is 0 Å². The summed E-state index contributed by atoms with van der Waals surface area (Å²) in [5.74, 6) is 0. The molecule has 0 unspecified atom stereocenters. The van der Waals surface area contributed by atoms with Crippen molar-refractivity contribution in [3.05, 3.63) is 151 Å². The Morgan fingerprint density at radius 1 is 0.442 bits per heavy atom. The number of hydrogen-bond donors (Lipinski definition) is 0. The fourth-order valence-electron chi connectivity index (χ4n) is 7.27. The Labute approximate surface area is 250 Å². The van der Waals surface area contributed by atoms with Gasteiger partial charge in [0.25, 0.3) is 0 Å². The number of fused-ring (bicyclic) bond motifs is 9. The van der Waals surface area contributed by atoms with Crippen LogP contribution < -0.4 is 4.90 Å². The van der Waals surface area contributed by atoms with Crippen molar-refractivity contribution in [2.24, 2.45) is 0 Å². The summed E-state index contributed by atoms with van der Waals surface area (Å²) < 4.78 is 6.22. The molecule has 0 amide bonds. The maximum atomic E-state index is 6.22. The highest BCUT2D eigenvalue weighted by Gasteiger charge is 2.35. The van der Waals surface area contributed by atoms with Crippen LogP contribution >= 0.6 is 0 Å². The third kappa shape index (κ3) is 3.53. The second-order valence-corrected chi connectivity index (χ2v) is 12.2. The van der Waals surface area contributed by atoms with Gasteiger partial charge in [0.2, 0.25) is 0 Å². The number of nitrogens with zero attached hydrogens (tertiary/aromatic N) is 1. The summed E-state index contributed by atoms with van der Waals surface area (Å²) in [6.45, 7) is 4.67. The monoisotopic (exact) mass is 551 g/mol. The first-order valence-electron chi connectivity index (χ1n) is 14.9. The number of anilines is 3. The molecule has 9 rings (SSSR count). The molecule has 0 spiro atoms. The molecule has 2 heteroatoms. The molecule has 0 saturated heterocycles. The lowest BCUT2D eigenvalue weighted by molar-refractivity contribution is 0.660. The molecule has 0 saturated carbocycles. The van der Waals surface area contributed by atoms with E-state index >= 15 is 0 Å². The lowest BCUT2D eigenvalue weighted by Crippen LogP contribution is -2.15. The van der Waals surface area contributed by atoms with Crippen LogP contribution in [0.1, 0.15) is 25.0 Å². The fourth-order valence-corrected chi connectivity index (χ4v) is 7.27. The van der Waals surface area contributed by atoms with Crippen molar-refractivity contribution < 1.29 is 4.42 Å². The van der Waals surface area contributed by atoms with Crippen molar-refractivity contribution in [1.82, 2.24) is 0 Å². The van der Waals surface area contributed by atoms with Crippen LogP contribution in [-0.2, 0) is 5.41 Å². The highest BCUT2D eigenvalue weighted by atomic mass is 16.3. The maximum Gasteiger partial charge on any atom is 0.136 e. The van der Waals surface area contributed by atoms with Crippen molar-refractivity contribution in [2.75, 3.05) is 4.90 Å². The van der Waals surface area contributed by atoms with Crippen LogP contribution in [0, 0.1) is 0 Å². The van der Waals surface area contributed by atoms with E-state index in [9.17, 15) is 0 Å². The Balaban J connectivity index is 1.28. The molecule has 1 aromatic heterocycles. The van der Waals surface area contributed by atoms with Crippen molar-refractivity contribution in [3.8, 4) is 11.1 Å². The van der Waals surface area contributed by atoms with Crippen LogP contribution in [0.25, 0.3) is 54.6 Å². The highest BCUT2D eigenvalue weighted by Crippen LogP contribution is 2.50. The molecule has 7 aromatic carbocycles. The molecule has 0 N–H and O–H groups in total. The van der Waals surface area contributed by atoms with Crippen LogP contribution in [0.4, 0.5) is 17.1 Å². The van der Waals surface area contributed by atoms with Gasteiger partial charge in [0.1, 0.15) is 11.2 Å². The molecule has 1 heterocycles. The molecule has 204 valence electrons. The average Bonchev–Trinajstić information content (AvgIpc) is 3.52. The largest absolute Gasteiger partial charge is 0.456 e. The van der Waals surface area contributed by atoms with Gasteiger partial charge in [0.15, 0.2) is 0 Å². The minimum absolute atomic E-state index is 0.0213. The number of furan rings is 1. The van der Waals surface area contributed by atoms with Gasteiger partial charge in [0, 0.05) is 33.2 Å². The van der Waals surface area contributed by atoms with Crippen LogP contribution in [0.15, 0.2) is 144 Å². The first-order chi connectivity index (χ1) is 21.1. The molecule has 43 heavy (non-hydrogen) atoms. The van der Waals surface area contributed by atoms with E-state index in [1.165, 1.54) is 43.8 Å². The predicted octanol–water partition coefficient (Wildman–Crippen LogP) is 11.7. The van der Waals surface area contributed by atoms with Gasteiger partial charge in [-0.1, -0.05) is 98.8 Å². The summed E-state index contributed by atoms with van der Waals surface area (Å²) in [4.78, 5) is 2.39. The Bertz CT molecular complexity index is 2380. The molecule has 0 atom stereocenters. The van der Waals surface area contributed by atoms with E-state index in [0.29, 0.717) is 0 Å². The van der Waals surface area contributed by atoms with Gasteiger partial charge < -0.3 is 9.32 Å². The van der Waals surface area contributed by atoms with Crippen molar-refractivity contribution >= 4 is 60.5 Å². The maximum absolute atomic E-state index is 6.22. The number of rotatable bonds is 3. The zero-order valence-electron chi connectivity index (χ0n) is 24.1. The quantitative estimate of drug-likeness (QED) is 0.203. The minimum atomic E-state index is -0.0213. The van der Waals surface area contributed by atoms with Gasteiger partial charge in [0.05, 0.1) is 0 Å². The third-order valence-electron chi connectivity index (χ3n) is 9.42. The van der Waals surface area contributed by atoms with Crippen molar-refractivity contribution in [3.63, 3.8) is 0 Å². The van der Waals surface area contributed by atoms with Crippen molar-refractivity contribution in [1.29, 1.82) is 0 Å². The average molecular weight is 552 g/mol. The van der Waals surface area contributed by atoms with Gasteiger partial charge in [-0.05, 0) is 98.4 Å². The molecule has 1 aliphatic carbocycles. The highest BCUT2D eigenvalue weighted by molar-refractivity contribution is 6.17. The molecule has 0 radical (unpaired) electrons. The molecule has 0 aliphatic heterocycles. The normalized spacial score (nSPS) is 13.5. The Kier molecular flexibility index (Phi) is 4.99. The Morgan fingerprint density at radius 3 is 2.02 bits per heavy atom. The van der Waals surface area contributed by atoms with E-state index in [4.69, 9.17) is 4.42 Å². The van der Waals surface area contributed by atoms with Gasteiger partial charge >= 0.3 is 0 Å². The van der Waals surface area contributed by atoms with E-state index in [0.717, 1.165) is 39.0 Å². The van der Waals surface area contributed by atoms with Crippen LogP contribution in [0.3, 0.4) is 0 Å². The standard InChI is InChI=1S/C41H29NO/c1-41(2)37-14-8-6-12-31(37)35-24-30(20-21-38(35)41)42(28-10-4-3-5-11-28)29-19-18-26-16-17-27-22-40-36(25-34(27)33(26)23-29)32-13-7-9-15-39(32)43-40/h3-25H,1-2H3. The van der Waals surface area contributed by atoms with Crippen LogP contribution in [-0.4, -0.2) is 0 Å². The van der Waals surface area contributed by atoms with Crippen LogP contribution in [0.2, 0.25) is 0 Å². The Hall–Kier alpha value is -5.34. The predicted molar refractivity (Wildman–Crippen MR) is 181 cm³/mol. The lowest BCUT2D eigenvalue weighted by Gasteiger charge is -2.27. The summed E-state index contributed by atoms with van der Waals surface area (Å²) in [7, 11) is 0. The van der Waals surface area contributed by atoms with Gasteiger partial charge in [-0.3, -0.25) is 0 Å². The second-order valence-electron chi connectivity index (χ2n) is 12.2. The summed E-state index contributed by atoms with van der Waals surface area (Å²) >= 11 is 0. The summed E-state index contributed by atoms with van der Waals surface area (Å²) in [5.41, 5.74) is 10.7. The number of para-hydroxylation sites is 2. The van der Waals surface area contributed by atoms with Crippen molar-refractivity contribution in [2.45, 2.75) is 19.3 Å². The molecule has 2 nitrogen and oxygen atoms in total. The first kappa shape index (κ1) is 24.3. The molecular weight excluding hydrogens is 522 g/mol. The zero-order valence-corrected chi connectivity index (χ0v) is 24.1. The third-order valence-corrected chi connectivity index (χ3v) is 9.42.